The van der Waals surface area contributed by atoms with Gasteiger partial charge in [-0.2, -0.15) is 8.42 Å². The number of carbonyl (C=O) groups excluding carboxylic acids is 1. The van der Waals surface area contributed by atoms with Crippen LogP contribution in [0.3, 0.4) is 0 Å². The number of hydrogen-bond donors (Lipinski definition) is 1. The van der Waals surface area contributed by atoms with Crippen molar-refractivity contribution in [3.63, 3.8) is 0 Å². The van der Waals surface area contributed by atoms with E-state index in [1.807, 2.05) is 6.92 Å². The first-order valence-electron chi connectivity index (χ1n) is 4.19. The zero-order valence-electron chi connectivity index (χ0n) is 8.19. The molecule has 82 valence electrons. The molecule has 0 spiro atoms. The van der Waals surface area contributed by atoms with Gasteiger partial charge in [0.2, 0.25) is 0 Å². The van der Waals surface area contributed by atoms with E-state index in [0.717, 1.165) is 12.8 Å². The smallest absolute Gasteiger partial charge is 0.334 e. The fourth-order valence-electron chi connectivity index (χ4n) is 0.695. The number of unbranched alkanes of at least 4 members (excludes halogenated alkanes) is 1. The molecule has 0 unspecified atom stereocenters. The van der Waals surface area contributed by atoms with Gasteiger partial charge in [0, 0.05) is 5.57 Å². The monoisotopic (exact) mass is 222 g/mol. The van der Waals surface area contributed by atoms with Crippen LogP contribution < -0.4 is 0 Å². The van der Waals surface area contributed by atoms with Crippen molar-refractivity contribution in [2.75, 3.05) is 6.61 Å². The molecule has 0 aliphatic rings. The number of esters is 1. The molecule has 0 saturated carbocycles. The van der Waals surface area contributed by atoms with Crippen molar-refractivity contribution in [1.82, 2.24) is 0 Å². The van der Waals surface area contributed by atoms with Gasteiger partial charge in [-0.3, -0.25) is 4.55 Å². The molecule has 0 heterocycles. The summed E-state index contributed by atoms with van der Waals surface area (Å²) in [5, 5.41) is 0.473. The molecule has 0 rings (SSSR count). The molecule has 14 heavy (non-hydrogen) atoms. The first-order chi connectivity index (χ1) is 6.37. The molecule has 5 nitrogen and oxygen atoms in total. The predicted octanol–water partition coefficient (Wildman–Crippen LogP) is 1.12. The molecule has 0 aliphatic heterocycles. The molecule has 0 radical (unpaired) electrons. The topological polar surface area (TPSA) is 80.7 Å². The molecule has 0 fully saturated rings. The van der Waals surface area contributed by atoms with Crippen LogP contribution in [0.1, 0.15) is 26.7 Å². The fraction of sp³-hybridized carbons (Fsp3) is 0.625. The lowest BCUT2D eigenvalue weighted by Gasteiger charge is -2.02. The Hall–Kier alpha value is -0.880. The van der Waals surface area contributed by atoms with Crippen LogP contribution in [0, 0.1) is 0 Å². The SMILES string of the molecule is CCCCOC(=O)/C(C)=C/S(=O)(=O)O. The minimum absolute atomic E-state index is 0.136. The summed E-state index contributed by atoms with van der Waals surface area (Å²) in [6, 6.07) is 0. The molecule has 0 amide bonds. The van der Waals surface area contributed by atoms with Crippen molar-refractivity contribution in [1.29, 1.82) is 0 Å². The van der Waals surface area contributed by atoms with E-state index < -0.39 is 16.1 Å². The molecule has 1 N–H and O–H groups in total. The second-order valence-corrected chi connectivity index (χ2v) is 4.07. The van der Waals surface area contributed by atoms with Crippen LogP contribution in [0.5, 0.6) is 0 Å². The van der Waals surface area contributed by atoms with Gasteiger partial charge in [0.25, 0.3) is 10.1 Å². The van der Waals surface area contributed by atoms with Gasteiger partial charge in [0.15, 0.2) is 0 Å². The Labute approximate surface area is 83.5 Å². The minimum atomic E-state index is -4.26. The number of hydrogen-bond acceptors (Lipinski definition) is 4. The van der Waals surface area contributed by atoms with Crippen molar-refractivity contribution in [3.05, 3.63) is 11.0 Å². The molecule has 0 aromatic carbocycles. The van der Waals surface area contributed by atoms with Crippen molar-refractivity contribution in [2.45, 2.75) is 26.7 Å². The second kappa shape index (κ2) is 5.77. The first-order valence-corrected chi connectivity index (χ1v) is 5.70. The Balaban J connectivity index is 4.20. The van der Waals surface area contributed by atoms with E-state index in [0.29, 0.717) is 5.41 Å². The third-order valence-electron chi connectivity index (χ3n) is 1.38. The third kappa shape index (κ3) is 6.62. The van der Waals surface area contributed by atoms with Gasteiger partial charge in [0.1, 0.15) is 0 Å². The Morgan fingerprint density at radius 3 is 2.50 bits per heavy atom. The van der Waals surface area contributed by atoms with Gasteiger partial charge in [-0.05, 0) is 13.3 Å². The minimum Gasteiger partial charge on any atom is -0.462 e. The van der Waals surface area contributed by atoms with E-state index in [2.05, 4.69) is 0 Å². The standard InChI is InChI=1S/C8H14O5S/c1-3-4-5-13-8(9)7(2)6-14(10,11)12/h6H,3-5H2,1-2H3,(H,10,11,12)/b7-6+. The lowest BCUT2D eigenvalue weighted by Crippen LogP contribution is -2.08. The Morgan fingerprint density at radius 2 is 2.07 bits per heavy atom. The van der Waals surface area contributed by atoms with Gasteiger partial charge in [0.05, 0.1) is 12.0 Å². The van der Waals surface area contributed by atoms with Gasteiger partial charge in [-0.25, -0.2) is 4.79 Å². The quantitative estimate of drug-likeness (QED) is 0.326. The molecule has 6 heteroatoms. The molecule has 0 saturated heterocycles. The summed E-state index contributed by atoms with van der Waals surface area (Å²) in [7, 11) is -4.26. The van der Waals surface area contributed by atoms with E-state index in [9.17, 15) is 13.2 Å². The summed E-state index contributed by atoms with van der Waals surface area (Å²) >= 11 is 0. The highest BCUT2D eigenvalue weighted by Crippen LogP contribution is 2.01. The highest BCUT2D eigenvalue weighted by Gasteiger charge is 2.09. The zero-order valence-corrected chi connectivity index (χ0v) is 9.00. The normalized spacial score (nSPS) is 12.6. The largest absolute Gasteiger partial charge is 0.462 e. The van der Waals surface area contributed by atoms with E-state index in [1.165, 1.54) is 6.92 Å². The van der Waals surface area contributed by atoms with Crippen molar-refractivity contribution < 1.29 is 22.5 Å². The Bertz CT molecular complexity index is 315. The molecular weight excluding hydrogens is 208 g/mol. The molecule has 0 atom stereocenters. The average molecular weight is 222 g/mol. The third-order valence-corrected chi connectivity index (χ3v) is 2.03. The molecular formula is C8H14O5S. The molecule has 0 bridgehead atoms. The Morgan fingerprint density at radius 1 is 1.50 bits per heavy atom. The van der Waals surface area contributed by atoms with Crippen LogP contribution in [-0.2, 0) is 19.6 Å². The summed E-state index contributed by atoms with van der Waals surface area (Å²) < 4.78 is 33.8. The van der Waals surface area contributed by atoms with Gasteiger partial charge in [-0.1, -0.05) is 13.3 Å². The van der Waals surface area contributed by atoms with Crippen LogP contribution in [-0.4, -0.2) is 25.5 Å². The lowest BCUT2D eigenvalue weighted by atomic mass is 10.3. The molecule has 0 aromatic rings. The van der Waals surface area contributed by atoms with Crippen LogP contribution >= 0.6 is 0 Å². The van der Waals surface area contributed by atoms with Gasteiger partial charge >= 0.3 is 5.97 Å². The maximum absolute atomic E-state index is 11.0. The highest BCUT2D eigenvalue weighted by atomic mass is 32.2. The molecule has 0 aliphatic carbocycles. The maximum Gasteiger partial charge on any atom is 0.334 e. The highest BCUT2D eigenvalue weighted by molar-refractivity contribution is 7.88. The summed E-state index contributed by atoms with van der Waals surface area (Å²) in [5.41, 5.74) is -0.136. The van der Waals surface area contributed by atoms with Crippen molar-refractivity contribution in [3.8, 4) is 0 Å². The second-order valence-electron chi connectivity index (χ2n) is 2.81. The summed E-state index contributed by atoms with van der Waals surface area (Å²) in [6.45, 7) is 3.46. The predicted molar refractivity (Wildman–Crippen MR) is 51.2 cm³/mol. The van der Waals surface area contributed by atoms with Crippen LogP contribution in [0.15, 0.2) is 11.0 Å². The van der Waals surface area contributed by atoms with E-state index in [1.54, 1.807) is 0 Å². The molecule has 0 aromatic heterocycles. The van der Waals surface area contributed by atoms with Crippen molar-refractivity contribution >= 4 is 16.1 Å². The zero-order chi connectivity index (χ0) is 11.2. The number of carbonyl (C=O) groups is 1. The fourth-order valence-corrected chi connectivity index (χ4v) is 1.24. The average Bonchev–Trinajstić information content (AvgIpc) is 2.01. The van der Waals surface area contributed by atoms with E-state index in [-0.39, 0.29) is 12.2 Å². The number of rotatable bonds is 5. The van der Waals surface area contributed by atoms with E-state index >= 15 is 0 Å². The van der Waals surface area contributed by atoms with Crippen LogP contribution in [0.2, 0.25) is 0 Å². The summed E-state index contributed by atoms with van der Waals surface area (Å²) in [5.74, 6) is -0.726. The van der Waals surface area contributed by atoms with Gasteiger partial charge in [-0.15, -0.1) is 0 Å². The first kappa shape index (κ1) is 13.1. The lowest BCUT2D eigenvalue weighted by molar-refractivity contribution is -0.139. The van der Waals surface area contributed by atoms with Crippen molar-refractivity contribution in [2.24, 2.45) is 0 Å². The maximum atomic E-state index is 11.0. The van der Waals surface area contributed by atoms with Crippen LogP contribution in [0.25, 0.3) is 0 Å². The van der Waals surface area contributed by atoms with Gasteiger partial charge < -0.3 is 4.74 Å². The Kier molecular flexibility index (Phi) is 5.40. The van der Waals surface area contributed by atoms with E-state index in [4.69, 9.17) is 9.29 Å². The summed E-state index contributed by atoms with van der Waals surface area (Å²) in [6.07, 6.45) is 1.61. The van der Waals surface area contributed by atoms with Crippen LogP contribution in [0.4, 0.5) is 0 Å². The summed E-state index contributed by atoms with van der Waals surface area (Å²) in [4.78, 5) is 11.0. The number of ether oxygens (including phenoxy) is 1.